The maximum atomic E-state index is 11.2. The van der Waals surface area contributed by atoms with Gasteiger partial charge in [0, 0.05) is 12.6 Å². The molecular formula is C6H14N2O5S2. The summed E-state index contributed by atoms with van der Waals surface area (Å²) in [4.78, 5) is 0. The van der Waals surface area contributed by atoms with Crippen molar-refractivity contribution in [1.82, 2.24) is 4.31 Å². The second-order valence-corrected chi connectivity index (χ2v) is 7.16. The molecule has 1 rings (SSSR count). The lowest BCUT2D eigenvalue weighted by atomic mass is 10.3. The lowest BCUT2D eigenvalue weighted by molar-refractivity contribution is 0.232. The van der Waals surface area contributed by atoms with Gasteiger partial charge in [-0.25, -0.2) is 13.6 Å². The molecule has 3 N–H and O–H groups in total. The maximum absolute atomic E-state index is 11.2. The average Bonchev–Trinajstić information content (AvgIpc) is 2.39. The molecule has 0 aromatic carbocycles. The Morgan fingerprint density at radius 3 is 2.40 bits per heavy atom. The van der Waals surface area contributed by atoms with E-state index in [1.54, 1.807) is 0 Å². The van der Waals surface area contributed by atoms with Gasteiger partial charge < -0.3 is 5.11 Å². The van der Waals surface area contributed by atoms with Crippen LogP contribution in [0.25, 0.3) is 0 Å². The summed E-state index contributed by atoms with van der Waals surface area (Å²) in [5, 5.41) is 13.6. The van der Waals surface area contributed by atoms with Crippen LogP contribution in [0.1, 0.15) is 6.42 Å². The Kier molecular flexibility index (Phi) is 3.71. The van der Waals surface area contributed by atoms with Crippen molar-refractivity contribution in [2.75, 3.05) is 24.7 Å². The van der Waals surface area contributed by atoms with Crippen LogP contribution >= 0.6 is 0 Å². The predicted octanol–water partition coefficient (Wildman–Crippen LogP) is -2.33. The second kappa shape index (κ2) is 4.34. The van der Waals surface area contributed by atoms with Gasteiger partial charge in [-0.1, -0.05) is 0 Å². The SMILES string of the molecule is NS(=O)(=O)N(CCO)C1CCS(=O)(=O)C1. The molecule has 1 unspecified atom stereocenters. The normalized spacial score (nSPS) is 25.9. The van der Waals surface area contributed by atoms with Crippen LogP contribution in [0.5, 0.6) is 0 Å². The number of aliphatic hydroxyl groups excluding tert-OH is 1. The van der Waals surface area contributed by atoms with E-state index in [1.165, 1.54) is 0 Å². The third-order valence-electron chi connectivity index (χ3n) is 2.26. The average molecular weight is 258 g/mol. The summed E-state index contributed by atoms with van der Waals surface area (Å²) in [6.45, 7) is -0.550. The summed E-state index contributed by atoms with van der Waals surface area (Å²) in [6.07, 6.45) is 0.235. The second-order valence-electron chi connectivity index (χ2n) is 3.44. The standard InChI is InChI=1S/C6H14N2O5S2/c7-15(12,13)8(2-3-9)6-1-4-14(10,11)5-6/h6,9H,1-5H2,(H2,7,12,13). The van der Waals surface area contributed by atoms with E-state index in [2.05, 4.69) is 0 Å². The topological polar surface area (TPSA) is 118 Å². The van der Waals surface area contributed by atoms with Gasteiger partial charge in [-0.2, -0.15) is 12.7 Å². The number of hydrogen-bond donors (Lipinski definition) is 2. The molecular weight excluding hydrogens is 244 g/mol. The Morgan fingerprint density at radius 1 is 1.47 bits per heavy atom. The first-order valence-corrected chi connectivity index (χ1v) is 7.69. The smallest absolute Gasteiger partial charge is 0.277 e. The van der Waals surface area contributed by atoms with E-state index in [9.17, 15) is 16.8 Å². The molecule has 90 valence electrons. The van der Waals surface area contributed by atoms with Crippen molar-refractivity contribution < 1.29 is 21.9 Å². The van der Waals surface area contributed by atoms with Crippen molar-refractivity contribution in [1.29, 1.82) is 0 Å². The minimum absolute atomic E-state index is 0.0326. The molecule has 0 amide bonds. The molecule has 0 aromatic rings. The highest BCUT2D eigenvalue weighted by molar-refractivity contribution is 7.91. The Morgan fingerprint density at radius 2 is 2.07 bits per heavy atom. The Bertz CT molecular complexity index is 415. The van der Waals surface area contributed by atoms with Crippen LogP contribution in [-0.4, -0.2) is 56.9 Å². The fraction of sp³-hybridized carbons (Fsp3) is 1.00. The van der Waals surface area contributed by atoms with Gasteiger partial charge in [0.25, 0.3) is 10.2 Å². The minimum atomic E-state index is -3.95. The number of rotatable bonds is 4. The Balaban J connectivity index is 2.84. The molecule has 1 aliphatic heterocycles. The summed E-state index contributed by atoms with van der Waals surface area (Å²) in [5.74, 6) is -0.251. The van der Waals surface area contributed by atoms with Crippen molar-refractivity contribution in [3.63, 3.8) is 0 Å². The van der Waals surface area contributed by atoms with Gasteiger partial charge in [-0.3, -0.25) is 0 Å². The third kappa shape index (κ3) is 3.38. The van der Waals surface area contributed by atoms with E-state index in [0.29, 0.717) is 0 Å². The van der Waals surface area contributed by atoms with Gasteiger partial charge in [0.15, 0.2) is 9.84 Å². The van der Waals surface area contributed by atoms with Crippen LogP contribution < -0.4 is 5.14 Å². The fourth-order valence-electron chi connectivity index (χ4n) is 1.62. The van der Waals surface area contributed by atoms with Crippen molar-refractivity contribution in [2.45, 2.75) is 12.5 Å². The third-order valence-corrected chi connectivity index (χ3v) is 5.15. The van der Waals surface area contributed by atoms with Crippen molar-refractivity contribution in [2.24, 2.45) is 5.14 Å². The van der Waals surface area contributed by atoms with E-state index >= 15 is 0 Å². The molecule has 7 nitrogen and oxygen atoms in total. The van der Waals surface area contributed by atoms with Crippen LogP contribution in [0.4, 0.5) is 0 Å². The number of aliphatic hydroxyl groups is 1. The minimum Gasteiger partial charge on any atom is -0.395 e. The molecule has 15 heavy (non-hydrogen) atoms. The molecule has 0 bridgehead atoms. The molecule has 0 aliphatic carbocycles. The summed E-state index contributed by atoms with van der Waals surface area (Å²) in [5.41, 5.74) is 0. The lowest BCUT2D eigenvalue weighted by Gasteiger charge is -2.23. The van der Waals surface area contributed by atoms with Crippen LogP contribution in [0.15, 0.2) is 0 Å². The van der Waals surface area contributed by atoms with E-state index in [0.717, 1.165) is 4.31 Å². The van der Waals surface area contributed by atoms with Crippen molar-refractivity contribution >= 4 is 20.0 Å². The molecule has 1 aliphatic rings. The largest absolute Gasteiger partial charge is 0.395 e. The highest BCUT2D eigenvalue weighted by Gasteiger charge is 2.36. The molecule has 9 heteroatoms. The van der Waals surface area contributed by atoms with E-state index in [-0.39, 0.29) is 31.1 Å². The molecule has 0 saturated carbocycles. The van der Waals surface area contributed by atoms with Gasteiger partial charge in [0.05, 0.1) is 18.1 Å². The maximum Gasteiger partial charge on any atom is 0.277 e. The molecule has 1 heterocycles. The predicted molar refractivity (Wildman–Crippen MR) is 54.0 cm³/mol. The van der Waals surface area contributed by atoms with Crippen LogP contribution in [-0.2, 0) is 20.0 Å². The lowest BCUT2D eigenvalue weighted by Crippen LogP contribution is -2.46. The molecule has 0 aromatic heterocycles. The Labute approximate surface area is 89.0 Å². The highest BCUT2D eigenvalue weighted by atomic mass is 32.2. The molecule has 1 atom stereocenters. The Hall–Kier alpha value is -0.220. The molecule has 1 fully saturated rings. The number of hydrogen-bond acceptors (Lipinski definition) is 5. The van der Waals surface area contributed by atoms with E-state index in [1.807, 2.05) is 0 Å². The van der Waals surface area contributed by atoms with Crippen LogP contribution in [0.2, 0.25) is 0 Å². The molecule has 1 saturated heterocycles. The van der Waals surface area contributed by atoms with Gasteiger partial charge in [-0.15, -0.1) is 0 Å². The first kappa shape index (κ1) is 12.8. The number of sulfone groups is 1. The zero-order valence-electron chi connectivity index (χ0n) is 8.03. The van der Waals surface area contributed by atoms with E-state index < -0.39 is 26.1 Å². The summed E-state index contributed by atoms with van der Waals surface area (Å²) in [6, 6.07) is -0.642. The fourth-order valence-corrected chi connectivity index (χ4v) is 4.38. The number of nitrogens with zero attached hydrogens (tertiary/aromatic N) is 1. The van der Waals surface area contributed by atoms with Crippen LogP contribution in [0.3, 0.4) is 0 Å². The van der Waals surface area contributed by atoms with Crippen LogP contribution in [0, 0.1) is 0 Å². The molecule has 0 radical (unpaired) electrons. The zero-order chi connectivity index (χ0) is 11.7. The van der Waals surface area contributed by atoms with Gasteiger partial charge in [-0.05, 0) is 6.42 Å². The first-order valence-electron chi connectivity index (χ1n) is 4.37. The monoisotopic (exact) mass is 258 g/mol. The van der Waals surface area contributed by atoms with Crippen molar-refractivity contribution in [3.05, 3.63) is 0 Å². The molecule has 0 spiro atoms. The van der Waals surface area contributed by atoms with Crippen molar-refractivity contribution in [3.8, 4) is 0 Å². The first-order chi connectivity index (χ1) is 6.76. The quantitative estimate of drug-likeness (QED) is 0.586. The van der Waals surface area contributed by atoms with E-state index in [4.69, 9.17) is 10.2 Å². The highest BCUT2D eigenvalue weighted by Crippen LogP contribution is 2.18. The van der Waals surface area contributed by atoms with Gasteiger partial charge >= 0.3 is 0 Å². The van der Waals surface area contributed by atoms with Gasteiger partial charge in [0.2, 0.25) is 0 Å². The van der Waals surface area contributed by atoms with Gasteiger partial charge in [0.1, 0.15) is 0 Å². The number of nitrogens with two attached hydrogens (primary N) is 1. The zero-order valence-corrected chi connectivity index (χ0v) is 9.67. The summed E-state index contributed by atoms with van der Waals surface area (Å²) in [7, 11) is -7.11. The summed E-state index contributed by atoms with van der Waals surface area (Å²) >= 11 is 0. The summed E-state index contributed by atoms with van der Waals surface area (Å²) < 4.78 is 45.4.